The van der Waals surface area contributed by atoms with E-state index in [2.05, 4.69) is 20.3 Å². The summed E-state index contributed by atoms with van der Waals surface area (Å²) in [5.74, 6) is 0.726. The Labute approximate surface area is 183 Å². The molecular weight excluding hydrogens is 510 g/mol. The molecule has 6 nitrogen and oxygen atoms in total. The summed E-state index contributed by atoms with van der Waals surface area (Å²) in [5, 5.41) is 7.66. The molecular formula is C16H27Cl2IN4O2S. The van der Waals surface area contributed by atoms with E-state index in [0.29, 0.717) is 36.1 Å². The van der Waals surface area contributed by atoms with E-state index in [-0.39, 0.29) is 24.0 Å². The summed E-state index contributed by atoms with van der Waals surface area (Å²) in [5.41, 5.74) is 1.06. The van der Waals surface area contributed by atoms with Crippen molar-refractivity contribution < 1.29 is 8.42 Å². The molecule has 0 saturated heterocycles. The predicted octanol–water partition coefficient (Wildman–Crippen LogP) is 3.04. The molecule has 0 aliphatic rings. The Bertz CT molecular complexity index is 672. The number of hydrogen-bond acceptors (Lipinski definition) is 3. The van der Waals surface area contributed by atoms with Crippen LogP contribution < -0.4 is 15.4 Å². The van der Waals surface area contributed by atoms with Crippen LogP contribution in [0.1, 0.15) is 25.3 Å². The van der Waals surface area contributed by atoms with Crippen molar-refractivity contribution in [3.8, 4) is 0 Å². The third kappa shape index (κ3) is 12.2. The molecule has 0 spiro atoms. The van der Waals surface area contributed by atoms with Crippen LogP contribution in [0.4, 0.5) is 0 Å². The first-order chi connectivity index (χ1) is 11.8. The number of sulfonamides is 1. The zero-order valence-electron chi connectivity index (χ0n) is 15.0. The van der Waals surface area contributed by atoms with E-state index >= 15 is 0 Å². The number of aliphatic imine (C=N–C) groups is 1. The van der Waals surface area contributed by atoms with Crippen molar-refractivity contribution in [3.63, 3.8) is 0 Å². The van der Waals surface area contributed by atoms with Gasteiger partial charge in [0.25, 0.3) is 0 Å². The molecule has 1 aromatic rings. The van der Waals surface area contributed by atoms with Crippen molar-refractivity contribution >= 4 is 63.2 Å². The topological polar surface area (TPSA) is 82.6 Å². The maximum Gasteiger partial charge on any atom is 0.208 e. The Morgan fingerprint density at radius 2 is 1.88 bits per heavy atom. The van der Waals surface area contributed by atoms with E-state index in [9.17, 15) is 8.42 Å². The zero-order valence-corrected chi connectivity index (χ0v) is 19.7. The fourth-order valence-corrected chi connectivity index (χ4v) is 3.10. The number of nitrogens with one attached hydrogen (secondary N) is 3. The third-order valence-corrected chi connectivity index (χ3v) is 4.56. The van der Waals surface area contributed by atoms with Gasteiger partial charge < -0.3 is 10.6 Å². The highest BCUT2D eigenvalue weighted by atomic mass is 127. The SMILES string of the molecule is CCNC(=NCCCc1ccc(Cl)cc1Cl)NCCCNS(C)(=O)=O.I. The lowest BCUT2D eigenvalue weighted by atomic mass is 10.1. The second-order valence-corrected chi connectivity index (χ2v) is 8.22. The molecule has 0 aromatic heterocycles. The normalized spacial score (nSPS) is 11.8. The molecule has 0 unspecified atom stereocenters. The second kappa shape index (κ2) is 13.8. The van der Waals surface area contributed by atoms with Crippen molar-refractivity contribution in [2.24, 2.45) is 4.99 Å². The zero-order chi connectivity index (χ0) is 18.7. The lowest BCUT2D eigenvalue weighted by Crippen LogP contribution is -2.38. The Hall–Kier alpha value is -0.290. The van der Waals surface area contributed by atoms with Gasteiger partial charge in [0.15, 0.2) is 5.96 Å². The lowest BCUT2D eigenvalue weighted by Gasteiger charge is -2.11. The van der Waals surface area contributed by atoms with Gasteiger partial charge in [-0.15, -0.1) is 24.0 Å². The van der Waals surface area contributed by atoms with Gasteiger partial charge in [-0.2, -0.15) is 0 Å². The smallest absolute Gasteiger partial charge is 0.208 e. The maximum atomic E-state index is 11.0. The van der Waals surface area contributed by atoms with E-state index < -0.39 is 10.0 Å². The van der Waals surface area contributed by atoms with Crippen LogP contribution in [0.3, 0.4) is 0 Å². The maximum absolute atomic E-state index is 11.0. The van der Waals surface area contributed by atoms with Crippen molar-refractivity contribution in [2.45, 2.75) is 26.2 Å². The lowest BCUT2D eigenvalue weighted by molar-refractivity contribution is 0.584. The van der Waals surface area contributed by atoms with E-state index in [1.807, 2.05) is 19.1 Å². The van der Waals surface area contributed by atoms with E-state index in [1.165, 1.54) is 0 Å². The van der Waals surface area contributed by atoms with Crippen LogP contribution in [0.25, 0.3) is 0 Å². The molecule has 1 rings (SSSR count). The van der Waals surface area contributed by atoms with Gasteiger partial charge >= 0.3 is 0 Å². The van der Waals surface area contributed by atoms with Gasteiger partial charge in [-0.1, -0.05) is 29.3 Å². The largest absolute Gasteiger partial charge is 0.357 e. The summed E-state index contributed by atoms with van der Waals surface area (Å²) >= 11 is 12.0. The van der Waals surface area contributed by atoms with Crippen molar-refractivity contribution in [1.82, 2.24) is 15.4 Å². The summed E-state index contributed by atoms with van der Waals surface area (Å²) < 4.78 is 24.4. The van der Waals surface area contributed by atoms with Gasteiger partial charge in [-0.05, 0) is 43.9 Å². The van der Waals surface area contributed by atoms with Crippen LogP contribution in [0.2, 0.25) is 10.0 Å². The molecule has 3 N–H and O–H groups in total. The van der Waals surface area contributed by atoms with Gasteiger partial charge in [0, 0.05) is 36.2 Å². The summed E-state index contributed by atoms with van der Waals surface area (Å²) in [6.07, 6.45) is 3.53. The minimum Gasteiger partial charge on any atom is -0.357 e. The van der Waals surface area contributed by atoms with Crippen molar-refractivity contribution in [3.05, 3.63) is 33.8 Å². The van der Waals surface area contributed by atoms with E-state index in [1.54, 1.807) is 6.07 Å². The average molecular weight is 537 g/mol. The molecule has 0 radical (unpaired) electrons. The van der Waals surface area contributed by atoms with Gasteiger partial charge in [0.1, 0.15) is 0 Å². The number of benzene rings is 1. The molecule has 0 bridgehead atoms. The molecule has 150 valence electrons. The van der Waals surface area contributed by atoms with Gasteiger partial charge in [-0.3, -0.25) is 4.99 Å². The van der Waals surface area contributed by atoms with Crippen molar-refractivity contribution in [1.29, 1.82) is 0 Å². The Morgan fingerprint density at radius 1 is 1.15 bits per heavy atom. The number of nitrogens with zero attached hydrogens (tertiary/aromatic N) is 1. The fraction of sp³-hybridized carbons (Fsp3) is 0.562. The minimum atomic E-state index is -3.13. The van der Waals surface area contributed by atoms with Gasteiger partial charge in [-0.25, -0.2) is 13.1 Å². The van der Waals surface area contributed by atoms with Gasteiger partial charge in [0.05, 0.1) is 6.26 Å². The third-order valence-electron chi connectivity index (χ3n) is 3.24. The standard InChI is InChI=1S/C16H26Cl2N4O2S.HI/c1-3-19-16(21-10-5-11-22-25(2,23)24)20-9-4-6-13-7-8-14(17)12-15(13)18;/h7-8,12,22H,3-6,9-11H2,1-2H3,(H2,19,20,21);1H. The van der Waals surface area contributed by atoms with Crippen LogP contribution in [0.15, 0.2) is 23.2 Å². The number of halogens is 3. The summed E-state index contributed by atoms with van der Waals surface area (Å²) in [6.45, 7) is 4.46. The van der Waals surface area contributed by atoms with Crippen LogP contribution in [-0.4, -0.2) is 46.8 Å². The first-order valence-electron chi connectivity index (χ1n) is 8.22. The van der Waals surface area contributed by atoms with E-state index in [4.69, 9.17) is 23.2 Å². The molecule has 0 saturated carbocycles. The summed E-state index contributed by atoms with van der Waals surface area (Å²) in [7, 11) is -3.13. The fourth-order valence-electron chi connectivity index (χ4n) is 2.08. The molecule has 26 heavy (non-hydrogen) atoms. The number of hydrogen-bond donors (Lipinski definition) is 3. The molecule has 0 heterocycles. The first-order valence-corrected chi connectivity index (χ1v) is 10.9. The highest BCUT2D eigenvalue weighted by Crippen LogP contribution is 2.21. The number of aryl methyl sites for hydroxylation is 1. The van der Waals surface area contributed by atoms with E-state index in [0.717, 1.165) is 37.2 Å². The summed E-state index contributed by atoms with van der Waals surface area (Å²) in [4.78, 5) is 4.51. The molecule has 10 heteroatoms. The van der Waals surface area contributed by atoms with Crippen LogP contribution in [0.5, 0.6) is 0 Å². The quantitative estimate of drug-likeness (QED) is 0.186. The molecule has 0 fully saturated rings. The monoisotopic (exact) mass is 536 g/mol. The van der Waals surface area contributed by atoms with Gasteiger partial charge in [0.2, 0.25) is 10.0 Å². The molecule has 1 aromatic carbocycles. The van der Waals surface area contributed by atoms with Crippen molar-refractivity contribution in [2.75, 3.05) is 32.4 Å². The second-order valence-electron chi connectivity index (χ2n) is 5.55. The minimum absolute atomic E-state index is 0. The average Bonchev–Trinajstić information content (AvgIpc) is 2.51. The van der Waals surface area contributed by atoms with Crippen LogP contribution in [0, 0.1) is 0 Å². The number of guanidine groups is 1. The molecule has 0 amide bonds. The highest BCUT2D eigenvalue weighted by Gasteiger charge is 2.02. The van der Waals surface area contributed by atoms with Crippen LogP contribution in [-0.2, 0) is 16.4 Å². The van der Waals surface area contributed by atoms with Crippen LogP contribution >= 0.6 is 47.2 Å². The Kier molecular flexibility index (Phi) is 13.7. The Balaban J connectivity index is 0.00000625. The summed E-state index contributed by atoms with van der Waals surface area (Å²) in [6, 6.07) is 5.52. The Morgan fingerprint density at radius 3 is 2.50 bits per heavy atom. The number of rotatable bonds is 10. The molecule has 0 atom stereocenters. The predicted molar refractivity (Wildman–Crippen MR) is 122 cm³/mol. The highest BCUT2D eigenvalue weighted by molar-refractivity contribution is 14.0. The first kappa shape index (κ1) is 25.7. The molecule has 0 aliphatic heterocycles. The molecule has 0 aliphatic carbocycles.